The molecular weight excluding hydrogens is 263 g/mol. The third-order valence-electron chi connectivity index (χ3n) is 1.91. The SMILES string of the molecule is Nc1n[nH]c(N)c1N=Nc1cc(Cl)cc(Cl)c1. The van der Waals surface area contributed by atoms with Gasteiger partial charge in [0.25, 0.3) is 0 Å². The standard InChI is InChI=1S/C9H8Cl2N6/c10-4-1-5(11)3-6(2-4)14-15-7-8(12)16-17-9(7)13/h1-3H,(H5,12,13,16,17). The van der Waals surface area contributed by atoms with Gasteiger partial charge in [0.1, 0.15) is 5.82 Å². The molecule has 0 radical (unpaired) electrons. The maximum atomic E-state index is 5.82. The van der Waals surface area contributed by atoms with Crippen LogP contribution in [0.1, 0.15) is 0 Å². The first kappa shape index (κ1) is 11.7. The maximum Gasteiger partial charge on any atom is 0.175 e. The maximum absolute atomic E-state index is 5.82. The number of anilines is 2. The number of H-pyrrole nitrogens is 1. The summed E-state index contributed by atoms with van der Waals surface area (Å²) in [5, 5.41) is 14.9. The van der Waals surface area contributed by atoms with Gasteiger partial charge in [-0.15, -0.1) is 5.11 Å². The number of nitrogens with zero attached hydrogens (tertiary/aromatic N) is 3. The number of aromatic amines is 1. The van der Waals surface area contributed by atoms with E-state index in [0.717, 1.165) is 0 Å². The third kappa shape index (κ3) is 2.66. The van der Waals surface area contributed by atoms with Crippen LogP contribution in [0.15, 0.2) is 28.4 Å². The molecule has 1 aromatic heterocycles. The number of nitrogens with one attached hydrogen (secondary N) is 1. The van der Waals surface area contributed by atoms with Gasteiger partial charge in [-0.25, -0.2) is 0 Å². The van der Waals surface area contributed by atoms with Gasteiger partial charge in [0.15, 0.2) is 11.5 Å². The molecule has 88 valence electrons. The molecule has 2 rings (SSSR count). The minimum absolute atomic E-state index is 0.180. The highest BCUT2D eigenvalue weighted by Gasteiger charge is 2.06. The van der Waals surface area contributed by atoms with E-state index in [1.807, 2.05) is 0 Å². The van der Waals surface area contributed by atoms with Crippen LogP contribution in [0.25, 0.3) is 0 Å². The Hall–Kier alpha value is -1.79. The Kier molecular flexibility index (Phi) is 3.16. The van der Waals surface area contributed by atoms with Crippen molar-refractivity contribution in [1.82, 2.24) is 10.2 Å². The number of nitrogen functional groups attached to an aromatic ring is 2. The highest BCUT2D eigenvalue weighted by Crippen LogP contribution is 2.30. The number of hydrogen-bond acceptors (Lipinski definition) is 5. The lowest BCUT2D eigenvalue weighted by molar-refractivity contribution is 1.11. The predicted octanol–water partition coefficient (Wildman–Crippen LogP) is 3.30. The first-order valence-corrected chi connectivity index (χ1v) is 5.29. The summed E-state index contributed by atoms with van der Waals surface area (Å²) in [7, 11) is 0. The molecule has 2 aromatic rings. The van der Waals surface area contributed by atoms with E-state index in [4.69, 9.17) is 34.7 Å². The van der Waals surface area contributed by atoms with Crippen LogP contribution in [0, 0.1) is 0 Å². The van der Waals surface area contributed by atoms with Crippen LogP contribution < -0.4 is 11.5 Å². The zero-order chi connectivity index (χ0) is 12.4. The summed E-state index contributed by atoms with van der Waals surface area (Å²) in [4.78, 5) is 0. The van der Waals surface area contributed by atoms with E-state index in [2.05, 4.69) is 20.4 Å². The molecule has 0 spiro atoms. The normalized spacial score (nSPS) is 11.2. The minimum Gasteiger partial charge on any atom is -0.382 e. The average Bonchev–Trinajstić information content (AvgIpc) is 2.55. The first-order chi connectivity index (χ1) is 8.06. The van der Waals surface area contributed by atoms with Crippen LogP contribution >= 0.6 is 23.2 Å². The molecule has 0 aliphatic rings. The van der Waals surface area contributed by atoms with Crippen molar-refractivity contribution >= 4 is 46.2 Å². The summed E-state index contributed by atoms with van der Waals surface area (Å²) in [6, 6.07) is 4.83. The predicted molar refractivity (Wildman–Crippen MR) is 68.1 cm³/mol. The lowest BCUT2D eigenvalue weighted by Crippen LogP contribution is -1.84. The van der Waals surface area contributed by atoms with Gasteiger partial charge in [0.05, 0.1) is 5.69 Å². The fourth-order valence-corrected chi connectivity index (χ4v) is 1.69. The molecule has 0 saturated carbocycles. The number of aromatic nitrogens is 2. The molecule has 6 nitrogen and oxygen atoms in total. The van der Waals surface area contributed by atoms with E-state index in [0.29, 0.717) is 21.4 Å². The van der Waals surface area contributed by atoms with E-state index in [1.165, 1.54) is 0 Å². The van der Waals surface area contributed by atoms with Crippen LogP contribution in [0.5, 0.6) is 0 Å². The summed E-state index contributed by atoms with van der Waals surface area (Å²) in [6.07, 6.45) is 0. The van der Waals surface area contributed by atoms with Crippen molar-refractivity contribution in [1.29, 1.82) is 0 Å². The molecule has 8 heteroatoms. The van der Waals surface area contributed by atoms with Crippen LogP contribution in [0.4, 0.5) is 23.0 Å². The van der Waals surface area contributed by atoms with Gasteiger partial charge < -0.3 is 11.5 Å². The number of rotatable bonds is 2. The van der Waals surface area contributed by atoms with Crippen molar-refractivity contribution in [2.45, 2.75) is 0 Å². The van der Waals surface area contributed by atoms with Crippen molar-refractivity contribution in [3.8, 4) is 0 Å². The molecule has 0 aliphatic heterocycles. The van der Waals surface area contributed by atoms with Gasteiger partial charge >= 0.3 is 0 Å². The van der Waals surface area contributed by atoms with Crippen LogP contribution in [-0.2, 0) is 0 Å². The fourth-order valence-electron chi connectivity index (χ4n) is 1.17. The Balaban J connectivity index is 2.32. The van der Waals surface area contributed by atoms with Gasteiger partial charge in [-0.3, -0.25) is 5.10 Å². The summed E-state index contributed by atoms with van der Waals surface area (Å²) in [5.74, 6) is 0.429. The fraction of sp³-hybridized carbons (Fsp3) is 0. The number of benzene rings is 1. The molecule has 1 aromatic carbocycles. The third-order valence-corrected chi connectivity index (χ3v) is 2.34. The largest absolute Gasteiger partial charge is 0.382 e. The summed E-state index contributed by atoms with van der Waals surface area (Å²) < 4.78 is 0. The average molecular weight is 271 g/mol. The Labute approximate surface area is 107 Å². The Bertz CT molecular complexity index is 537. The Morgan fingerprint density at radius 1 is 1.06 bits per heavy atom. The van der Waals surface area contributed by atoms with Gasteiger partial charge in [-0.2, -0.15) is 10.2 Å². The summed E-state index contributed by atoms with van der Waals surface area (Å²) in [6.45, 7) is 0. The summed E-state index contributed by atoms with van der Waals surface area (Å²) >= 11 is 11.6. The van der Waals surface area contributed by atoms with Crippen LogP contribution in [0.3, 0.4) is 0 Å². The molecule has 0 aliphatic carbocycles. The lowest BCUT2D eigenvalue weighted by atomic mass is 10.3. The second kappa shape index (κ2) is 4.60. The topological polar surface area (TPSA) is 105 Å². The monoisotopic (exact) mass is 270 g/mol. The number of hydrogen-bond donors (Lipinski definition) is 3. The highest BCUT2D eigenvalue weighted by atomic mass is 35.5. The number of halogens is 2. The smallest absolute Gasteiger partial charge is 0.175 e. The first-order valence-electron chi connectivity index (χ1n) is 4.53. The quantitative estimate of drug-likeness (QED) is 0.729. The van der Waals surface area contributed by atoms with Gasteiger partial charge in [-0.1, -0.05) is 23.2 Å². The second-order valence-corrected chi connectivity index (χ2v) is 4.07. The van der Waals surface area contributed by atoms with Gasteiger partial charge in [0, 0.05) is 10.0 Å². The molecule has 0 amide bonds. The van der Waals surface area contributed by atoms with E-state index < -0.39 is 0 Å². The zero-order valence-electron chi connectivity index (χ0n) is 8.48. The molecule has 0 saturated heterocycles. The lowest BCUT2D eigenvalue weighted by Gasteiger charge is -1.96. The molecule has 17 heavy (non-hydrogen) atoms. The van der Waals surface area contributed by atoms with Crippen molar-refractivity contribution < 1.29 is 0 Å². The number of nitrogens with two attached hydrogens (primary N) is 2. The zero-order valence-corrected chi connectivity index (χ0v) is 10.00. The van der Waals surface area contributed by atoms with Crippen LogP contribution in [-0.4, -0.2) is 10.2 Å². The minimum atomic E-state index is 0.180. The molecule has 0 unspecified atom stereocenters. The van der Waals surface area contributed by atoms with Crippen molar-refractivity contribution in [2.75, 3.05) is 11.5 Å². The highest BCUT2D eigenvalue weighted by molar-refractivity contribution is 6.35. The molecule has 1 heterocycles. The molecule has 0 bridgehead atoms. The Morgan fingerprint density at radius 3 is 2.24 bits per heavy atom. The van der Waals surface area contributed by atoms with Crippen molar-refractivity contribution in [2.24, 2.45) is 10.2 Å². The summed E-state index contributed by atoms with van der Waals surface area (Å²) in [5.41, 5.74) is 11.9. The molecule has 0 fully saturated rings. The van der Waals surface area contributed by atoms with Crippen molar-refractivity contribution in [3.05, 3.63) is 28.2 Å². The molecular formula is C9H8Cl2N6. The van der Waals surface area contributed by atoms with E-state index in [1.54, 1.807) is 18.2 Å². The second-order valence-electron chi connectivity index (χ2n) is 3.20. The van der Waals surface area contributed by atoms with Gasteiger partial charge in [0.2, 0.25) is 0 Å². The van der Waals surface area contributed by atoms with Gasteiger partial charge in [-0.05, 0) is 18.2 Å². The van der Waals surface area contributed by atoms with Crippen molar-refractivity contribution in [3.63, 3.8) is 0 Å². The van der Waals surface area contributed by atoms with E-state index in [9.17, 15) is 0 Å². The molecule has 0 atom stereocenters. The van der Waals surface area contributed by atoms with E-state index >= 15 is 0 Å². The Morgan fingerprint density at radius 2 is 1.71 bits per heavy atom. The van der Waals surface area contributed by atoms with Crippen LogP contribution in [0.2, 0.25) is 10.0 Å². The number of azo groups is 1. The molecule has 5 N–H and O–H groups in total. The van der Waals surface area contributed by atoms with E-state index in [-0.39, 0.29) is 11.6 Å².